The standard InChI is InChI=1S/C16H18N2O2S/c1-11-6-7-16(15(17)8-11)21(19,20)18-10-13-9-12-4-2-3-5-14(12)13/h2-8,13,18H,9-10,17H2,1H3. The minimum atomic E-state index is -3.56. The van der Waals surface area contributed by atoms with Gasteiger partial charge in [-0.05, 0) is 42.2 Å². The topological polar surface area (TPSA) is 72.2 Å². The van der Waals surface area contributed by atoms with Crippen LogP contribution in [-0.2, 0) is 16.4 Å². The molecule has 0 radical (unpaired) electrons. The van der Waals surface area contributed by atoms with Gasteiger partial charge in [-0.2, -0.15) is 0 Å². The van der Waals surface area contributed by atoms with Gasteiger partial charge in [-0.15, -0.1) is 0 Å². The van der Waals surface area contributed by atoms with Crippen LogP contribution < -0.4 is 10.5 Å². The van der Waals surface area contributed by atoms with Gasteiger partial charge in [0.15, 0.2) is 0 Å². The Kier molecular flexibility index (Phi) is 3.47. The van der Waals surface area contributed by atoms with E-state index in [9.17, 15) is 8.42 Å². The summed E-state index contributed by atoms with van der Waals surface area (Å²) < 4.78 is 27.3. The summed E-state index contributed by atoms with van der Waals surface area (Å²) in [4.78, 5) is 0.153. The smallest absolute Gasteiger partial charge is 0.242 e. The van der Waals surface area contributed by atoms with E-state index in [-0.39, 0.29) is 16.5 Å². The molecule has 5 heteroatoms. The Morgan fingerprint density at radius 3 is 2.71 bits per heavy atom. The monoisotopic (exact) mass is 302 g/mol. The lowest BCUT2D eigenvalue weighted by Gasteiger charge is -2.30. The van der Waals surface area contributed by atoms with Gasteiger partial charge in [0.05, 0.1) is 5.69 Å². The molecule has 0 fully saturated rings. The van der Waals surface area contributed by atoms with E-state index in [4.69, 9.17) is 5.73 Å². The number of hydrogen-bond donors (Lipinski definition) is 2. The highest BCUT2D eigenvalue weighted by molar-refractivity contribution is 7.89. The number of anilines is 1. The highest BCUT2D eigenvalue weighted by Crippen LogP contribution is 2.34. The Morgan fingerprint density at radius 1 is 1.24 bits per heavy atom. The molecule has 0 spiro atoms. The molecule has 1 unspecified atom stereocenters. The van der Waals surface area contributed by atoms with Crippen LogP contribution in [0.3, 0.4) is 0 Å². The molecule has 3 rings (SSSR count). The van der Waals surface area contributed by atoms with Crippen molar-refractivity contribution in [3.8, 4) is 0 Å². The lowest BCUT2D eigenvalue weighted by molar-refractivity contribution is 0.552. The van der Waals surface area contributed by atoms with E-state index in [2.05, 4.69) is 16.9 Å². The van der Waals surface area contributed by atoms with Crippen LogP contribution >= 0.6 is 0 Å². The second-order valence-corrected chi connectivity index (χ2v) is 7.23. The number of nitrogen functional groups attached to an aromatic ring is 1. The molecule has 0 aliphatic heterocycles. The molecule has 1 aliphatic carbocycles. The summed E-state index contributed by atoms with van der Waals surface area (Å²) >= 11 is 0. The van der Waals surface area contributed by atoms with Crippen LogP contribution in [0.25, 0.3) is 0 Å². The highest BCUT2D eigenvalue weighted by atomic mass is 32.2. The van der Waals surface area contributed by atoms with E-state index in [0.717, 1.165) is 12.0 Å². The van der Waals surface area contributed by atoms with Crippen molar-refractivity contribution in [2.24, 2.45) is 0 Å². The van der Waals surface area contributed by atoms with Gasteiger partial charge >= 0.3 is 0 Å². The van der Waals surface area contributed by atoms with Gasteiger partial charge in [-0.25, -0.2) is 13.1 Å². The Balaban J connectivity index is 1.73. The molecule has 0 aromatic heterocycles. The van der Waals surface area contributed by atoms with Crippen LogP contribution in [0.15, 0.2) is 47.4 Å². The maximum Gasteiger partial charge on any atom is 0.242 e. The van der Waals surface area contributed by atoms with Crippen molar-refractivity contribution in [1.29, 1.82) is 0 Å². The van der Waals surface area contributed by atoms with Gasteiger partial charge < -0.3 is 5.73 Å². The van der Waals surface area contributed by atoms with Crippen LogP contribution in [-0.4, -0.2) is 15.0 Å². The van der Waals surface area contributed by atoms with Crippen molar-refractivity contribution in [3.05, 3.63) is 59.2 Å². The normalized spacial score (nSPS) is 17.1. The first-order valence-corrected chi connectivity index (χ1v) is 8.39. The molecule has 3 N–H and O–H groups in total. The second-order valence-electron chi connectivity index (χ2n) is 5.49. The Hall–Kier alpha value is -1.85. The summed E-state index contributed by atoms with van der Waals surface area (Å²) in [5.41, 5.74) is 9.59. The van der Waals surface area contributed by atoms with Gasteiger partial charge in [0.25, 0.3) is 0 Å². The van der Waals surface area contributed by atoms with Crippen LogP contribution in [0.4, 0.5) is 5.69 Å². The third-order valence-corrected chi connectivity index (χ3v) is 5.43. The summed E-state index contributed by atoms with van der Waals surface area (Å²) in [6.07, 6.45) is 0.919. The average molecular weight is 302 g/mol. The summed E-state index contributed by atoms with van der Waals surface area (Å²) in [6.45, 7) is 2.29. The zero-order valence-corrected chi connectivity index (χ0v) is 12.7. The first-order valence-electron chi connectivity index (χ1n) is 6.91. The van der Waals surface area contributed by atoms with Gasteiger partial charge in [-0.1, -0.05) is 30.3 Å². The van der Waals surface area contributed by atoms with Crippen molar-refractivity contribution in [2.75, 3.05) is 12.3 Å². The Morgan fingerprint density at radius 2 is 2.00 bits per heavy atom. The third kappa shape index (κ3) is 2.66. The minimum Gasteiger partial charge on any atom is -0.398 e. The second kappa shape index (κ2) is 5.16. The molecular formula is C16H18N2O2S. The molecule has 110 valence electrons. The van der Waals surface area contributed by atoms with Gasteiger partial charge in [0, 0.05) is 12.5 Å². The fourth-order valence-electron chi connectivity index (χ4n) is 2.75. The first kappa shape index (κ1) is 14.1. The summed E-state index contributed by atoms with van der Waals surface area (Å²) in [5, 5.41) is 0. The number of fused-ring (bicyclic) bond motifs is 1. The lowest BCUT2D eigenvalue weighted by Crippen LogP contribution is -2.33. The fourth-order valence-corrected chi connectivity index (χ4v) is 3.94. The highest BCUT2D eigenvalue weighted by Gasteiger charge is 2.27. The van der Waals surface area contributed by atoms with E-state index >= 15 is 0 Å². The fraction of sp³-hybridized carbons (Fsp3) is 0.250. The molecule has 0 amide bonds. The zero-order chi connectivity index (χ0) is 15.0. The molecule has 2 aromatic rings. The summed E-state index contributed by atoms with van der Waals surface area (Å²) in [7, 11) is -3.56. The summed E-state index contributed by atoms with van der Waals surface area (Å²) in [5.74, 6) is 0.252. The van der Waals surface area contributed by atoms with Crippen molar-refractivity contribution in [2.45, 2.75) is 24.2 Å². The van der Waals surface area contributed by atoms with E-state index in [0.29, 0.717) is 6.54 Å². The van der Waals surface area contributed by atoms with Gasteiger partial charge in [0.2, 0.25) is 10.0 Å². The number of rotatable bonds is 4. The lowest BCUT2D eigenvalue weighted by atomic mass is 9.78. The van der Waals surface area contributed by atoms with Crippen molar-refractivity contribution < 1.29 is 8.42 Å². The maximum atomic E-state index is 12.3. The molecule has 2 aromatic carbocycles. The van der Waals surface area contributed by atoms with Gasteiger partial charge in [-0.3, -0.25) is 0 Å². The zero-order valence-electron chi connectivity index (χ0n) is 11.8. The van der Waals surface area contributed by atoms with Crippen LogP contribution in [0, 0.1) is 6.92 Å². The number of nitrogens with two attached hydrogens (primary N) is 1. The van der Waals surface area contributed by atoms with Crippen molar-refractivity contribution >= 4 is 15.7 Å². The molecule has 0 saturated heterocycles. The largest absolute Gasteiger partial charge is 0.398 e. The molecule has 4 nitrogen and oxygen atoms in total. The average Bonchev–Trinajstić information content (AvgIpc) is 2.39. The van der Waals surface area contributed by atoms with Crippen molar-refractivity contribution in [3.63, 3.8) is 0 Å². The molecule has 0 heterocycles. The van der Waals surface area contributed by atoms with Gasteiger partial charge in [0.1, 0.15) is 4.90 Å². The maximum absolute atomic E-state index is 12.3. The van der Waals surface area contributed by atoms with Crippen LogP contribution in [0.1, 0.15) is 22.6 Å². The Labute approximate surface area is 125 Å². The van der Waals surface area contributed by atoms with Crippen LogP contribution in [0.2, 0.25) is 0 Å². The van der Waals surface area contributed by atoms with E-state index < -0.39 is 10.0 Å². The molecule has 21 heavy (non-hydrogen) atoms. The Bertz CT molecular complexity index is 785. The number of nitrogens with one attached hydrogen (secondary N) is 1. The predicted molar refractivity (Wildman–Crippen MR) is 83.7 cm³/mol. The number of sulfonamides is 1. The molecule has 1 aliphatic rings. The van der Waals surface area contributed by atoms with Crippen molar-refractivity contribution in [1.82, 2.24) is 4.72 Å². The number of benzene rings is 2. The quantitative estimate of drug-likeness (QED) is 0.850. The molecule has 0 saturated carbocycles. The summed E-state index contributed by atoms with van der Waals surface area (Å²) in [6, 6.07) is 13.1. The van der Waals surface area contributed by atoms with E-state index in [1.54, 1.807) is 18.2 Å². The van der Waals surface area contributed by atoms with Crippen LogP contribution in [0.5, 0.6) is 0 Å². The van der Waals surface area contributed by atoms with E-state index in [1.165, 1.54) is 11.1 Å². The molecular weight excluding hydrogens is 284 g/mol. The first-order chi connectivity index (χ1) is 9.97. The third-order valence-electron chi connectivity index (χ3n) is 3.94. The number of aryl methyl sites for hydroxylation is 1. The number of hydrogen-bond acceptors (Lipinski definition) is 3. The molecule has 1 atom stereocenters. The minimum absolute atomic E-state index is 0.153. The molecule has 0 bridgehead atoms. The SMILES string of the molecule is Cc1ccc(S(=O)(=O)NCC2Cc3ccccc32)c(N)c1. The van der Waals surface area contributed by atoms with E-state index in [1.807, 2.05) is 19.1 Å². The predicted octanol–water partition coefficient (Wildman–Crippen LogP) is 2.20.